The minimum absolute atomic E-state index is 0.102. The topological polar surface area (TPSA) is 91.6 Å². The summed E-state index contributed by atoms with van der Waals surface area (Å²) in [5, 5.41) is 2.49. The largest absolute Gasteiger partial charge is 0.482 e. The molecule has 0 radical (unpaired) electrons. The maximum Gasteiger partial charge on any atom is 0.344 e. The Morgan fingerprint density at radius 2 is 1.70 bits per heavy atom. The van der Waals surface area contributed by atoms with Crippen molar-refractivity contribution in [2.45, 2.75) is 6.92 Å². The lowest BCUT2D eigenvalue weighted by Gasteiger charge is -2.07. The standard InChI is InChI=1S/C21H20FN3O5/c1-14-20(21(28)25(24(14)2)16-6-4-3-5-7-16)23-18(26)12-30-19(27)13-29-17-10-8-15(22)9-11-17/h3-11H,12-13H2,1-2H3,(H,23,26). The summed E-state index contributed by atoms with van der Waals surface area (Å²) in [5.74, 6) is -1.57. The van der Waals surface area contributed by atoms with E-state index < -0.39 is 36.5 Å². The van der Waals surface area contributed by atoms with Gasteiger partial charge in [-0.25, -0.2) is 13.9 Å². The Kier molecular flexibility index (Phi) is 6.31. The molecule has 0 bridgehead atoms. The molecule has 0 aliphatic rings. The SMILES string of the molecule is Cc1c(NC(=O)COC(=O)COc2ccc(F)cc2)c(=O)n(-c2ccccc2)n1C. The van der Waals surface area contributed by atoms with Crippen LogP contribution < -0.4 is 15.6 Å². The van der Waals surface area contributed by atoms with Crippen LogP contribution in [0.2, 0.25) is 0 Å². The molecule has 1 amide bonds. The highest BCUT2D eigenvalue weighted by molar-refractivity contribution is 5.93. The van der Waals surface area contributed by atoms with Crippen molar-refractivity contribution >= 4 is 17.6 Å². The number of esters is 1. The summed E-state index contributed by atoms with van der Waals surface area (Å²) in [5.41, 5.74) is 0.895. The Balaban J connectivity index is 1.58. The first kappa shape index (κ1) is 20.8. The highest BCUT2D eigenvalue weighted by Gasteiger charge is 2.18. The number of nitrogens with zero attached hydrogens (tertiary/aromatic N) is 2. The highest BCUT2D eigenvalue weighted by atomic mass is 19.1. The van der Waals surface area contributed by atoms with Gasteiger partial charge in [0.1, 0.15) is 17.3 Å². The van der Waals surface area contributed by atoms with Crippen molar-refractivity contribution in [3.63, 3.8) is 0 Å². The summed E-state index contributed by atoms with van der Waals surface area (Å²) in [6.45, 7) is 0.674. The van der Waals surface area contributed by atoms with Gasteiger partial charge in [0.15, 0.2) is 13.2 Å². The Morgan fingerprint density at radius 1 is 1.03 bits per heavy atom. The van der Waals surface area contributed by atoms with Gasteiger partial charge in [-0.15, -0.1) is 0 Å². The lowest BCUT2D eigenvalue weighted by atomic mass is 10.3. The van der Waals surface area contributed by atoms with E-state index in [1.165, 1.54) is 28.9 Å². The van der Waals surface area contributed by atoms with E-state index in [1.54, 1.807) is 42.9 Å². The van der Waals surface area contributed by atoms with E-state index in [0.717, 1.165) is 0 Å². The number of ether oxygens (including phenoxy) is 2. The van der Waals surface area contributed by atoms with Crippen LogP contribution in [-0.4, -0.2) is 34.5 Å². The molecular weight excluding hydrogens is 393 g/mol. The second-order valence-corrected chi connectivity index (χ2v) is 6.39. The highest BCUT2D eigenvalue weighted by Crippen LogP contribution is 2.14. The van der Waals surface area contributed by atoms with Gasteiger partial charge in [0.05, 0.1) is 11.4 Å². The third kappa shape index (κ3) is 4.75. The van der Waals surface area contributed by atoms with Crippen LogP contribution in [0.4, 0.5) is 10.1 Å². The van der Waals surface area contributed by atoms with Gasteiger partial charge in [-0.2, -0.15) is 0 Å². The molecule has 1 N–H and O–H groups in total. The molecule has 1 heterocycles. The number of anilines is 1. The quantitative estimate of drug-likeness (QED) is 0.600. The number of aromatic nitrogens is 2. The van der Waals surface area contributed by atoms with Gasteiger partial charge in [0.25, 0.3) is 11.5 Å². The lowest BCUT2D eigenvalue weighted by Crippen LogP contribution is -2.27. The Labute approximate surface area is 171 Å². The first-order valence-electron chi connectivity index (χ1n) is 9.04. The van der Waals surface area contributed by atoms with Crippen LogP contribution in [0.3, 0.4) is 0 Å². The predicted octanol–water partition coefficient (Wildman–Crippen LogP) is 2.18. The van der Waals surface area contributed by atoms with Gasteiger partial charge < -0.3 is 14.8 Å². The number of halogens is 1. The van der Waals surface area contributed by atoms with E-state index in [9.17, 15) is 18.8 Å². The Bertz CT molecular complexity index is 1100. The van der Waals surface area contributed by atoms with Gasteiger partial charge in [-0.3, -0.25) is 14.3 Å². The van der Waals surface area contributed by atoms with E-state index in [2.05, 4.69) is 5.32 Å². The van der Waals surface area contributed by atoms with E-state index in [0.29, 0.717) is 17.1 Å². The average molecular weight is 413 g/mol. The van der Waals surface area contributed by atoms with Crippen LogP contribution in [0.5, 0.6) is 5.75 Å². The van der Waals surface area contributed by atoms with E-state index in [4.69, 9.17) is 9.47 Å². The summed E-state index contributed by atoms with van der Waals surface area (Å²) in [6, 6.07) is 14.1. The Morgan fingerprint density at radius 3 is 2.37 bits per heavy atom. The lowest BCUT2D eigenvalue weighted by molar-refractivity contribution is -0.149. The van der Waals surface area contributed by atoms with Crippen LogP contribution in [0.1, 0.15) is 5.69 Å². The number of para-hydroxylation sites is 1. The first-order valence-corrected chi connectivity index (χ1v) is 9.04. The predicted molar refractivity (Wildman–Crippen MR) is 107 cm³/mol. The molecule has 0 aliphatic heterocycles. The van der Waals surface area contributed by atoms with Gasteiger partial charge in [0, 0.05) is 7.05 Å². The second kappa shape index (κ2) is 9.08. The van der Waals surface area contributed by atoms with Crippen molar-refractivity contribution in [2.75, 3.05) is 18.5 Å². The molecule has 3 aromatic rings. The number of nitrogens with one attached hydrogen (secondary N) is 1. The monoisotopic (exact) mass is 413 g/mol. The van der Waals surface area contributed by atoms with Gasteiger partial charge in [0.2, 0.25) is 0 Å². The van der Waals surface area contributed by atoms with Gasteiger partial charge >= 0.3 is 5.97 Å². The molecular formula is C21H20FN3O5. The molecule has 0 atom stereocenters. The zero-order valence-electron chi connectivity index (χ0n) is 16.4. The minimum Gasteiger partial charge on any atom is -0.482 e. The second-order valence-electron chi connectivity index (χ2n) is 6.39. The average Bonchev–Trinajstić information content (AvgIpc) is 2.95. The fourth-order valence-corrected chi connectivity index (χ4v) is 2.75. The van der Waals surface area contributed by atoms with Crippen molar-refractivity contribution in [2.24, 2.45) is 7.05 Å². The molecule has 156 valence electrons. The summed E-state index contributed by atoms with van der Waals surface area (Å²) in [6.07, 6.45) is 0. The molecule has 0 fully saturated rings. The molecule has 3 rings (SSSR count). The van der Waals surface area contributed by atoms with Crippen molar-refractivity contribution < 1.29 is 23.5 Å². The number of benzene rings is 2. The summed E-state index contributed by atoms with van der Waals surface area (Å²) >= 11 is 0. The third-order valence-corrected chi connectivity index (χ3v) is 4.35. The minimum atomic E-state index is -0.777. The molecule has 0 unspecified atom stereocenters. The van der Waals surface area contributed by atoms with Crippen molar-refractivity contribution in [3.05, 3.63) is 76.5 Å². The van der Waals surface area contributed by atoms with Crippen LogP contribution in [-0.2, 0) is 21.4 Å². The van der Waals surface area contributed by atoms with Crippen LogP contribution in [0.25, 0.3) is 5.69 Å². The first-order chi connectivity index (χ1) is 14.4. The molecule has 1 aromatic heterocycles. The number of amides is 1. The zero-order valence-corrected chi connectivity index (χ0v) is 16.4. The zero-order chi connectivity index (χ0) is 21.7. The molecule has 0 saturated heterocycles. The number of carbonyl (C=O) groups is 2. The molecule has 2 aromatic carbocycles. The number of hydrogen-bond donors (Lipinski definition) is 1. The maximum absolute atomic E-state index is 12.8. The fourth-order valence-electron chi connectivity index (χ4n) is 2.75. The van der Waals surface area contributed by atoms with Crippen molar-refractivity contribution in [1.29, 1.82) is 0 Å². The van der Waals surface area contributed by atoms with E-state index in [-0.39, 0.29) is 5.69 Å². The smallest absolute Gasteiger partial charge is 0.344 e. The van der Waals surface area contributed by atoms with Crippen LogP contribution in [0.15, 0.2) is 59.4 Å². The molecule has 8 nitrogen and oxygen atoms in total. The molecule has 0 spiro atoms. The molecule has 0 aliphatic carbocycles. The maximum atomic E-state index is 12.8. The van der Waals surface area contributed by atoms with Crippen LogP contribution in [0, 0.1) is 12.7 Å². The van der Waals surface area contributed by atoms with Crippen molar-refractivity contribution in [3.8, 4) is 11.4 Å². The molecule has 9 heteroatoms. The van der Waals surface area contributed by atoms with E-state index >= 15 is 0 Å². The summed E-state index contributed by atoms with van der Waals surface area (Å²) in [4.78, 5) is 36.6. The number of rotatable bonds is 7. The Hall–Kier alpha value is -3.88. The molecule has 30 heavy (non-hydrogen) atoms. The fraction of sp³-hybridized carbons (Fsp3) is 0.190. The van der Waals surface area contributed by atoms with Crippen molar-refractivity contribution in [1.82, 2.24) is 9.36 Å². The summed E-state index contributed by atoms with van der Waals surface area (Å²) < 4.78 is 25.9. The number of carbonyl (C=O) groups excluding carboxylic acids is 2. The molecule has 0 saturated carbocycles. The normalized spacial score (nSPS) is 10.5. The van der Waals surface area contributed by atoms with E-state index in [1.807, 2.05) is 6.07 Å². The number of hydrogen-bond acceptors (Lipinski definition) is 5. The van der Waals surface area contributed by atoms with Gasteiger partial charge in [-0.05, 0) is 43.3 Å². The van der Waals surface area contributed by atoms with Crippen LogP contribution >= 0.6 is 0 Å². The summed E-state index contributed by atoms with van der Waals surface area (Å²) in [7, 11) is 1.70. The van der Waals surface area contributed by atoms with Gasteiger partial charge in [-0.1, -0.05) is 18.2 Å². The third-order valence-electron chi connectivity index (χ3n) is 4.35.